The lowest BCUT2D eigenvalue weighted by Gasteiger charge is -2.31. The number of carbonyl (C=O) groups excluding carboxylic acids is 2. The summed E-state index contributed by atoms with van der Waals surface area (Å²) >= 11 is 5.55. The lowest BCUT2D eigenvalue weighted by Crippen LogP contribution is -2.42. The number of halogens is 1. The van der Waals surface area contributed by atoms with Crippen molar-refractivity contribution in [2.45, 2.75) is 64.1 Å². The quantitative estimate of drug-likeness (QED) is 0.613. The average Bonchev–Trinajstić information content (AvgIpc) is 2.62. The molecule has 8 heteroatoms. The van der Waals surface area contributed by atoms with Gasteiger partial charge in [0.2, 0.25) is 5.91 Å². The molecule has 3 N–H and O–H groups in total. The van der Waals surface area contributed by atoms with Crippen LogP contribution in [-0.4, -0.2) is 42.7 Å². The van der Waals surface area contributed by atoms with E-state index in [1.54, 1.807) is 13.2 Å². The van der Waals surface area contributed by atoms with Crippen LogP contribution in [-0.2, 0) is 9.53 Å². The Morgan fingerprint density at radius 2 is 1.79 bits per heavy atom. The number of methoxy groups -OCH3 is 1. The van der Waals surface area contributed by atoms with Crippen molar-refractivity contribution >= 4 is 35.0 Å². The van der Waals surface area contributed by atoms with E-state index in [0.29, 0.717) is 11.4 Å². The van der Waals surface area contributed by atoms with Gasteiger partial charge in [0.05, 0.1) is 12.8 Å². The van der Waals surface area contributed by atoms with Crippen molar-refractivity contribution in [3.8, 4) is 5.75 Å². The Morgan fingerprint density at radius 1 is 1.14 bits per heavy atom. The van der Waals surface area contributed by atoms with E-state index in [0.717, 1.165) is 31.4 Å². The maximum absolute atomic E-state index is 11.9. The van der Waals surface area contributed by atoms with Crippen molar-refractivity contribution in [1.29, 1.82) is 0 Å². The number of hydrogen-bond donors (Lipinski definition) is 3. The largest absolute Gasteiger partial charge is 0.495 e. The zero-order chi connectivity index (χ0) is 20.7. The smallest absolute Gasteiger partial charge is 0.407 e. The average molecular weight is 412 g/mol. The Kier molecular flexibility index (Phi) is 7.80. The molecule has 2 amide bonds. The lowest BCUT2D eigenvalue weighted by molar-refractivity contribution is -0.113. The molecule has 0 atom stereocenters. The minimum atomic E-state index is -0.497. The van der Waals surface area contributed by atoms with Gasteiger partial charge in [-0.2, -0.15) is 0 Å². The van der Waals surface area contributed by atoms with Gasteiger partial charge in [-0.25, -0.2) is 4.79 Å². The molecule has 0 bridgehead atoms. The van der Waals surface area contributed by atoms with E-state index in [4.69, 9.17) is 21.1 Å². The summed E-state index contributed by atoms with van der Waals surface area (Å²) in [6.45, 7) is 5.55. The Balaban J connectivity index is 1.90. The molecule has 1 fully saturated rings. The predicted molar refractivity (Wildman–Crippen MR) is 111 cm³/mol. The van der Waals surface area contributed by atoms with Crippen molar-refractivity contribution in [2.75, 3.05) is 23.6 Å². The Labute approximate surface area is 171 Å². The van der Waals surface area contributed by atoms with E-state index in [9.17, 15) is 9.59 Å². The first-order valence-electron chi connectivity index (χ1n) is 9.50. The second-order valence-electron chi connectivity index (χ2n) is 7.94. The second-order valence-corrected chi connectivity index (χ2v) is 8.20. The van der Waals surface area contributed by atoms with Crippen LogP contribution in [0.1, 0.15) is 46.5 Å². The number of carbonyl (C=O) groups is 2. The topological polar surface area (TPSA) is 88.7 Å². The van der Waals surface area contributed by atoms with Gasteiger partial charge in [-0.15, -0.1) is 11.6 Å². The normalized spacial score (nSPS) is 19.5. The van der Waals surface area contributed by atoms with Gasteiger partial charge < -0.3 is 25.4 Å². The van der Waals surface area contributed by atoms with E-state index < -0.39 is 5.60 Å². The van der Waals surface area contributed by atoms with Crippen LogP contribution in [0.3, 0.4) is 0 Å². The van der Waals surface area contributed by atoms with Crippen LogP contribution in [0.15, 0.2) is 18.2 Å². The number of anilines is 2. The molecule has 1 saturated carbocycles. The number of amides is 2. The van der Waals surface area contributed by atoms with Crippen molar-refractivity contribution < 1.29 is 19.1 Å². The summed E-state index contributed by atoms with van der Waals surface area (Å²) in [5.41, 5.74) is 0.983. The molecular formula is C20H30ClN3O4. The van der Waals surface area contributed by atoms with Gasteiger partial charge in [-0.05, 0) is 64.7 Å². The minimum Gasteiger partial charge on any atom is -0.495 e. The first-order chi connectivity index (χ1) is 13.2. The molecule has 1 aliphatic carbocycles. The predicted octanol–water partition coefficient (Wildman–Crippen LogP) is 4.12. The van der Waals surface area contributed by atoms with E-state index in [1.807, 2.05) is 32.9 Å². The first kappa shape index (κ1) is 22.1. The summed E-state index contributed by atoms with van der Waals surface area (Å²) < 4.78 is 10.7. The summed E-state index contributed by atoms with van der Waals surface area (Å²) in [5.74, 6) is 0.355. The van der Waals surface area contributed by atoms with Gasteiger partial charge in [-0.3, -0.25) is 4.79 Å². The third-order valence-corrected chi connectivity index (χ3v) is 4.66. The third kappa shape index (κ3) is 7.11. The van der Waals surface area contributed by atoms with Crippen molar-refractivity contribution in [1.82, 2.24) is 5.32 Å². The van der Waals surface area contributed by atoms with Crippen LogP contribution >= 0.6 is 11.6 Å². The molecule has 0 aliphatic heterocycles. The highest BCUT2D eigenvalue weighted by Crippen LogP contribution is 2.31. The monoisotopic (exact) mass is 411 g/mol. The van der Waals surface area contributed by atoms with E-state index in [2.05, 4.69) is 16.0 Å². The molecule has 0 unspecified atom stereocenters. The summed E-state index contributed by atoms with van der Waals surface area (Å²) in [6.07, 6.45) is 3.17. The summed E-state index contributed by atoms with van der Waals surface area (Å²) in [5, 5.41) is 9.18. The Morgan fingerprint density at radius 3 is 2.36 bits per heavy atom. The fourth-order valence-corrected chi connectivity index (χ4v) is 3.24. The number of alkyl carbamates (subject to hydrolysis) is 1. The first-order valence-corrected chi connectivity index (χ1v) is 10.0. The van der Waals surface area contributed by atoms with Gasteiger partial charge in [0.25, 0.3) is 0 Å². The molecule has 0 spiro atoms. The SMILES string of the molecule is COc1ccc(NC(=O)CCl)cc1N[C@H]1CC[C@H](NC(=O)OC(C)(C)C)CC1. The number of rotatable bonds is 6. The number of benzene rings is 1. The van der Waals surface area contributed by atoms with Gasteiger partial charge in [0.15, 0.2) is 0 Å². The van der Waals surface area contributed by atoms with Crippen LogP contribution in [0.2, 0.25) is 0 Å². The maximum atomic E-state index is 11.9. The number of alkyl halides is 1. The molecule has 0 heterocycles. The molecular weight excluding hydrogens is 382 g/mol. The Bertz CT molecular complexity index is 683. The molecule has 1 aromatic rings. The molecule has 0 saturated heterocycles. The van der Waals surface area contributed by atoms with E-state index >= 15 is 0 Å². The second kappa shape index (κ2) is 9.87. The zero-order valence-electron chi connectivity index (χ0n) is 16.9. The van der Waals surface area contributed by atoms with Gasteiger partial charge in [-0.1, -0.05) is 0 Å². The lowest BCUT2D eigenvalue weighted by atomic mass is 9.91. The minimum absolute atomic E-state index is 0.0938. The summed E-state index contributed by atoms with van der Waals surface area (Å²) in [6, 6.07) is 5.79. The molecule has 28 heavy (non-hydrogen) atoms. The molecule has 0 radical (unpaired) electrons. The number of ether oxygens (including phenoxy) is 2. The molecule has 7 nitrogen and oxygen atoms in total. The molecule has 1 aromatic carbocycles. The van der Waals surface area contributed by atoms with Crippen LogP contribution in [0, 0.1) is 0 Å². The van der Waals surface area contributed by atoms with Crippen molar-refractivity contribution in [3.05, 3.63) is 18.2 Å². The molecule has 0 aromatic heterocycles. The van der Waals surface area contributed by atoms with E-state index in [-0.39, 0.29) is 30.0 Å². The van der Waals surface area contributed by atoms with Crippen LogP contribution < -0.4 is 20.7 Å². The number of nitrogens with one attached hydrogen (secondary N) is 3. The molecule has 156 valence electrons. The highest BCUT2D eigenvalue weighted by Gasteiger charge is 2.25. The van der Waals surface area contributed by atoms with Gasteiger partial charge in [0, 0.05) is 17.8 Å². The van der Waals surface area contributed by atoms with Crippen LogP contribution in [0.25, 0.3) is 0 Å². The van der Waals surface area contributed by atoms with Crippen molar-refractivity contribution in [3.63, 3.8) is 0 Å². The van der Waals surface area contributed by atoms with Gasteiger partial charge >= 0.3 is 6.09 Å². The van der Waals surface area contributed by atoms with E-state index in [1.165, 1.54) is 0 Å². The standard InChI is InChI=1S/C20H30ClN3O4/c1-20(2,3)28-19(26)24-14-7-5-13(6-8-14)22-16-11-15(23-18(25)12-21)9-10-17(16)27-4/h9-11,13-14,22H,5-8,12H2,1-4H3,(H,23,25)(H,24,26)/t13-,14-. The Hall–Kier alpha value is -2.15. The highest BCUT2D eigenvalue weighted by atomic mass is 35.5. The third-order valence-electron chi connectivity index (χ3n) is 4.41. The highest BCUT2D eigenvalue weighted by molar-refractivity contribution is 6.29. The fraction of sp³-hybridized carbons (Fsp3) is 0.600. The molecule has 2 rings (SSSR count). The van der Waals surface area contributed by atoms with Crippen LogP contribution in [0.4, 0.5) is 16.2 Å². The summed E-state index contributed by atoms with van der Waals surface area (Å²) in [4.78, 5) is 23.4. The van der Waals surface area contributed by atoms with Crippen LogP contribution in [0.5, 0.6) is 5.75 Å². The number of hydrogen-bond acceptors (Lipinski definition) is 5. The zero-order valence-corrected chi connectivity index (χ0v) is 17.7. The fourth-order valence-electron chi connectivity index (χ4n) is 3.17. The van der Waals surface area contributed by atoms with Gasteiger partial charge in [0.1, 0.15) is 17.2 Å². The summed E-state index contributed by atoms with van der Waals surface area (Å²) in [7, 11) is 1.61. The molecule has 1 aliphatic rings. The maximum Gasteiger partial charge on any atom is 0.407 e. The van der Waals surface area contributed by atoms with Crippen molar-refractivity contribution in [2.24, 2.45) is 0 Å².